The van der Waals surface area contributed by atoms with Crippen molar-refractivity contribution in [1.82, 2.24) is 0 Å². The van der Waals surface area contributed by atoms with Crippen LogP contribution in [-0.4, -0.2) is 18.3 Å². The summed E-state index contributed by atoms with van der Waals surface area (Å²) in [6.07, 6.45) is 2.01. The second-order valence-electron chi connectivity index (χ2n) is 4.42. The van der Waals surface area contributed by atoms with Crippen molar-refractivity contribution < 1.29 is 9.84 Å². The number of hydrogen-bond acceptors (Lipinski definition) is 3. The number of nitrogens with two attached hydrogens (primary N) is 1. The summed E-state index contributed by atoms with van der Waals surface area (Å²) >= 11 is 5.94. The average Bonchev–Trinajstić information content (AvgIpc) is 2.99. The van der Waals surface area contributed by atoms with E-state index in [9.17, 15) is 5.11 Å². The van der Waals surface area contributed by atoms with Gasteiger partial charge in [0.25, 0.3) is 0 Å². The Labute approximate surface area is 100 Å². The molecule has 2 rings (SSSR count). The predicted molar refractivity (Wildman–Crippen MR) is 64.2 cm³/mol. The maximum Gasteiger partial charge on any atom is 0.179 e. The SMILES string of the molecule is COc1c(Cl)ccc(C2(C(C)N)CC2)c1O. The summed E-state index contributed by atoms with van der Waals surface area (Å²) < 4.78 is 5.10. The van der Waals surface area contributed by atoms with Crippen molar-refractivity contribution in [2.24, 2.45) is 5.73 Å². The van der Waals surface area contributed by atoms with Crippen LogP contribution in [0.1, 0.15) is 25.3 Å². The highest BCUT2D eigenvalue weighted by Crippen LogP contribution is 2.55. The van der Waals surface area contributed by atoms with Crippen molar-refractivity contribution in [3.63, 3.8) is 0 Å². The second kappa shape index (κ2) is 3.82. The number of phenolic OH excluding ortho intramolecular Hbond substituents is 1. The van der Waals surface area contributed by atoms with E-state index in [4.69, 9.17) is 22.1 Å². The van der Waals surface area contributed by atoms with Crippen LogP contribution in [0.3, 0.4) is 0 Å². The molecule has 1 aliphatic rings. The quantitative estimate of drug-likeness (QED) is 0.855. The van der Waals surface area contributed by atoms with Gasteiger partial charge in [0.1, 0.15) is 0 Å². The minimum Gasteiger partial charge on any atom is -0.504 e. The Morgan fingerprint density at radius 3 is 2.56 bits per heavy atom. The fourth-order valence-corrected chi connectivity index (χ4v) is 2.48. The Bertz CT molecular complexity index is 414. The monoisotopic (exact) mass is 241 g/mol. The molecule has 0 radical (unpaired) electrons. The topological polar surface area (TPSA) is 55.5 Å². The van der Waals surface area contributed by atoms with E-state index in [1.54, 1.807) is 6.07 Å². The molecule has 1 saturated carbocycles. The molecule has 1 atom stereocenters. The number of aromatic hydroxyl groups is 1. The number of halogens is 1. The van der Waals surface area contributed by atoms with Crippen molar-refractivity contribution in [3.05, 3.63) is 22.7 Å². The molecule has 1 aliphatic carbocycles. The van der Waals surface area contributed by atoms with Crippen molar-refractivity contribution in [3.8, 4) is 11.5 Å². The van der Waals surface area contributed by atoms with Gasteiger partial charge in [0, 0.05) is 17.0 Å². The molecule has 0 aliphatic heterocycles. The third-order valence-electron chi connectivity index (χ3n) is 3.48. The molecule has 88 valence electrons. The van der Waals surface area contributed by atoms with E-state index in [1.807, 2.05) is 13.0 Å². The molecule has 1 aromatic carbocycles. The largest absolute Gasteiger partial charge is 0.504 e. The maximum absolute atomic E-state index is 10.1. The molecule has 3 nitrogen and oxygen atoms in total. The van der Waals surface area contributed by atoms with Crippen LogP contribution in [-0.2, 0) is 5.41 Å². The van der Waals surface area contributed by atoms with Crippen molar-refractivity contribution >= 4 is 11.6 Å². The predicted octanol–water partition coefficient (Wildman–Crippen LogP) is 2.43. The van der Waals surface area contributed by atoms with Gasteiger partial charge in [-0.2, -0.15) is 0 Å². The molecule has 0 amide bonds. The minimum atomic E-state index is -0.0953. The van der Waals surface area contributed by atoms with Crippen LogP contribution in [0.5, 0.6) is 11.5 Å². The van der Waals surface area contributed by atoms with Crippen molar-refractivity contribution in [2.45, 2.75) is 31.2 Å². The first kappa shape index (κ1) is 11.6. The molecule has 0 spiro atoms. The van der Waals surface area contributed by atoms with Gasteiger partial charge in [-0.25, -0.2) is 0 Å². The van der Waals surface area contributed by atoms with Crippen LogP contribution in [0, 0.1) is 0 Å². The number of methoxy groups -OCH3 is 1. The van der Waals surface area contributed by atoms with E-state index in [1.165, 1.54) is 7.11 Å². The second-order valence-corrected chi connectivity index (χ2v) is 4.83. The molecule has 16 heavy (non-hydrogen) atoms. The highest BCUT2D eigenvalue weighted by molar-refractivity contribution is 6.32. The Kier molecular flexibility index (Phi) is 2.76. The number of hydrogen-bond donors (Lipinski definition) is 2. The molecule has 0 heterocycles. The zero-order valence-corrected chi connectivity index (χ0v) is 10.2. The van der Waals surface area contributed by atoms with E-state index < -0.39 is 0 Å². The molecule has 0 aromatic heterocycles. The minimum absolute atomic E-state index is 0.0179. The Morgan fingerprint density at radius 2 is 2.12 bits per heavy atom. The first-order valence-corrected chi connectivity index (χ1v) is 5.72. The van der Waals surface area contributed by atoms with Gasteiger partial charge in [-0.1, -0.05) is 17.7 Å². The molecule has 3 N–H and O–H groups in total. The fourth-order valence-electron chi connectivity index (χ4n) is 2.25. The molecule has 4 heteroatoms. The van der Waals surface area contributed by atoms with E-state index in [0.717, 1.165) is 18.4 Å². The Balaban J connectivity index is 2.51. The molecular formula is C12H16ClNO2. The van der Waals surface area contributed by atoms with E-state index in [2.05, 4.69) is 0 Å². The summed E-state index contributed by atoms with van der Waals surface area (Å²) in [7, 11) is 1.50. The number of benzene rings is 1. The van der Waals surface area contributed by atoms with E-state index >= 15 is 0 Å². The van der Waals surface area contributed by atoms with Gasteiger partial charge in [-0.15, -0.1) is 0 Å². The Morgan fingerprint density at radius 1 is 1.50 bits per heavy atom. The lowest BCUT2D eigenvalue weighted by molar-refractivity contribution is 0.365. The summed E-state index contributed by atoms with van der Waals surface area (Å²) in [4.78, 5) is 0. The lowest BCUT2D eigenvalue weighted by atomic mass is 9.88. The van der Waals surface area contributed by atoms with Crippen LogP contribution in [0.25, 0.3) is 0 Å². The van der Waals surface area contributed by atoms with Gasteiger partial charge < -0.3 is 15.6 Å². The lowest BCUT2D eigenvalue weighted by Gasteiger charge is -2.22. The van der Waals surface area contributed by atoms with Crippen LogP contribution < -0.4 is 10.5 Å². The van der Waals surface area contributed by atoms with Gasteiger partial charge in [0.05, 0.1) is 12.1 Å². The van der Waals surface area contributed by atoms with Crippen LogP contribution >= 0.6 is 11.6 Å². The van der Waals surface area contributed by atoms with E-state index in [0.29, 0.717) is 10.8 Å². The summed E-state index contributed by atoms with van der Waals surface area (Å²) in [6.45, 7) is 1.97. The normalized spacial score (nSPS) is 19.2. The van der Waals surface area contributed by atoms with Crippen molar-refractivity contribution in [2.75, 3.05) is 7.11 Å². The standard InChI is InChI=1S/C12H16ClNO2/c1-7(14)12(5-6-12)8-3-4-9(13)11(16-2)10(8)15/h3-4,7,15H,5-6,14H2,1-2H3. The first-order valence-electron chi connectivity index (χ1n) is 5.34. The maximum atomic E-state index is 10.1. The van der Waals surface area contributed by atoms with Gasteiger partial charge in [-0.3, -0.25) is 0 Å². The smallest absolute Gasteiger partial charge is 0.179 e. The van der Waals surface area contributed by atoms with Crippen molar-refractivity contribution in [1.29, 1.82) is 0 Å². The van der Waals surface area contributed by atoms with E-state index in [-0.39, 0.29) is 17.2 Å². The number of rotatable bonds is 3. The molecule has 0 bridgehead atoms. The average molecular weight is 242 g/mol. The summed E-state index contributed by atoms with van der Waals surface area (Å²) in [5.74, 6) is 0.468. The van der Waals surface area contributed by atoms with Crippen LogP contribution in [0.2, 0.25) is 5.02 Å². The molecular weight excluding hydrogens is 226 g/mol. The summed E-state index contributed by atoms with van der Waals surface area (Å²) in [5, 5.41) is 10.5. The van der Waals surface area contributed by atoms with Crippen LogP contribution in [0.4, 0.5) is 0 Å². The van der Waals surface area contributed by atoms with Gasteiger partial charge in [-0.05, 0) is 25.8 Å². The van der Waals surface area contributed by atoms with Gasteiger partial charge in [0.2, 0.25) is 0 Å². The van der Waals surface area contributed by atoms with Crippen LogP contribution in [0.15, 0.2) is 12.1 Å². The zero-order valence-electron chi connectivity index (χ0n) is 9.46. The third kappa shape index (κ3) is 1.55. The summed E-state index contributed by atoms with van der Waals surface area (Å²) in [6, 6.07) is 3.61. The first-order chi connectivity index (χ1) is 7.53. The van der Waals surface area contributed by atoms with Gasteiger partial charge >= 0.3 is 0 Å². The molecule has 1 fully saturated rings. The summed E-state index contributed by atoms with van der Waals surface area (Å²) in [5.41, 5.74) is 6.73. The lowest BCUT2D eigenvalue weighted by Crippen LogP contribution is -2.31. The highest BCUT2D eigenvalue weighted by Gasteiger charge is 2.49. The van der Waals surface area contributed by atoms with Gasteiger partial charge in [0.15, 0.2) is 11.5 Å². The Hall–Kier alpha value is -0.930. The number of phenols is 1. The molecule has 0 saturated heterocycles. The molecule has 1 aromatic rings. The number of ether oxygens (including phenoxy) is 1. The third-order valence-corrected chi connectivity index (χ3v) is 3.78. The fraction of sp³-hybridized carbons (Fsp3) is 0.500. The highest BCUT2D eigenvalue weighted by atomic mass is 35.5. The zero-order chi connectivity index (χ0) is 11.9. The molecule has 1 unspecified atom stereocenters.